The van der Waals surface area contributed by atoms with Crippen LogP contribution < -0.4 is 5.73 Å². The Morgan fingerprint density at radius 3 is 2.67 bits per heavy atom. The van der Waals surface area contributed by atoms with Crippen LogP contribution in [0.5, 0.6) is 0 Å². The number of hydrogen-bond acceptors (Lipinski definition) is 2. The molecule has 1 heterocycles. The number of nitrogens with two attached hydrogens (primary N) is 1. The molecule has 0 radical (unpaired) electrons. The summed E-state index contributed by atoms with van der Waals surface area (Å²) >= 11 is 11.1. The van der Waals surface area contributed by atoms with Gasteiger partial charge in [0.2, 0.25) is 0 Å². The van der Waals surface area contributed by atoms with Gasteiger partial charge in [-0.05, 0) is 52.6 Å². The second kappa shape index (κ2) is 3.73. The molecule has 0 aromatic carbocycles. The fraction of sp³-hybridized carbons (Fsp3) is 0.636. The molecule has 0 bridgehead atoms. The van der Waals surface area contributed by atoms with Crippen LogP contribution in [0.4, 0.5) is 0 Å². The van der Waals surface area contributed by atoms with Crippen molar-refractivity contribution in [1.29, 1.82) is 0 Å². The van der Waals surface area contributed by atoms with Crippen LogP contribution in [0.15, 0.2) is 10.5 Å². The second-order valence-electron chi connectivity index (χ2n) is 4.63. The van der Waals surface area contributed by atoms with Gasteiger partial charge in [0, 0.05) is 15.4 Å². The Morgan fingerprint density at radius 2 is 2.13 bits per heavy atom. The zero-order valence-corrected chi connectivity index (χ0v) is 11.4. The van der Waals surface area contributed by atoms with Crippen molar-refractivity contribution in [3.8, 4) is 0 Å². The molecule has 1 aromatic heterocycles. The van der Waals surface area contributed by atoms with Gasteiger partial charge in [-0.15, -0.1) is 11.3 Å². The average Bonchev–Trinajstić information content (AvgIpc) is 2.59. The van der Waals surface area contributed by atoms with E-state index in [0.29, 0.717) is 0 Å². The lowest BCUT2D eigenvalue weighted by Gasteiger charge is -2.11. The summed E-state index contributed by atoms with van der Waals surface area (Å²) < 4.78 is 1.82. The quantitative estimate of drug-likeness (QED) is 0.870. The number of thiophene rings is 1. The minimum absolute atomic E-state index is 0.217. The van der Waals surface area contributed by atoms with Crippen LogP contribution in [0.2, 0.25) is 4.34 Å². The molecule has 0 spiro atoms. The van der Waals surface area contributed by atoms with Crippen molar-refractivity contribution in [2.24, 2.45) is 23.5 Å². The third kappa shape index (κ3) is 1.68. The molecule has 0 aliphatic heterocycles. The maximum absolute atomic E-state index is 6.30. The third-order valence-electron chi connectivity index (χ3n) is 3.88. The lowest BCUT2D eigenvalue weighted by molar-refractivity contribution is 0.507. The molecular weight excluding hydrogens is 294 g/mol. The van der Waals surface area contributed by atoms with Crippen LogP contribution in [0.25, 0.3) is 0 Å². The maximum atomic E-state index is 6.30. The second-order valence-corrected chi connectivity index (χ2v) is 7.17. The highest BCUT2D eigenvalue weighted by Crippen LogP contribution is 2.62. The minimum Gasteiger partial charge on any atom is -0.323 e. The summed E-state index contributed by atoms with van der Waals surface area (Å²) in [7, 11) is 0. The van der Waals surface area contributed by atoms with Crippen LogP contribution in [0.1, 0.15) is 30.2 Å². The van der Waals surface area contributed by atoms with E-state index in [4.69, 9.17) is 17.3 Å². The largest absolute Gasteiger partial charge is 0.323 e. The summed E-state index contributed by atoms with van der Waals surface area (Å²) in [6.45, 7) is 0. The molecule has 0 amide bonds. The fourth-order valence-corrected chi connectivity index (χ4v) is 4.92. The van der Waals surface area contributed by atoms with Crippen LogP contribution in [-0.2, 0) is 0 Å². The molecule has 3 atom stereocenters. The first-order chi connectivity index (χ1) is 7.18. The monoisotopic (exact) mass is 305 g/mol. The Bertz CT molecular complexity index is 362. The van der Waals surface area contributed by atoms with E-state index in [-0.39, 0.29) is 6.04 Å². The third-order valence-corrected chi connectivity index (χ3v) is 6.46. The maximum Gasteiger partial charge on any atom is 0.107 e. The Morgan fingerprint density at radius 1 is 1.47 bits per heavy atom. The van der Waals surface area contributed by atoms with E-state index < -0.39 is 0 Å². The van der Waals surface area contributed by atoms with Gasteiger partial charge < -0.3 is 5.73 Å². The first-order valence-electron chi connectivity index (χ1n) is 5.39. The molecule has 2 N–H and O–H groups in total. The van der Waals surface area contributed by atoms with Gasteiger partial charge in [0.25, 0.3) is 0 Å². The number of rotatable bonds is 2. The van der Waals surface area contributed by atoms with Gasteiger partial charge in [0.05, 0.1) is 0 Å². The number of halogens is 2. The van der Waals surface area contributed by atoms with E-state index in [2.05, 4.69) is 22.0 Å². The van der Waals surface area contributed by atoms with E-state index in [0.717, 1.165) is 26.6 Å². The smallest absolute Gasteiger partial charge is 0.107 e. The molecule has 2 aliphatic carbocycles. The van der Waals surface area contributed by atoms with Gasteiger partial charge in [-0.1, -0.05) is 18.0 Å². The predicted molar refractivity (Wildman–Crippen MR) is 68.3 cm³/mol. The topological polar surface area (TPSA) is 26.0 Å². The molecule has 2 aliphatic rings. The lowest BCUT2D eigenvalue weighted by Crippen LogP contribution is -2.13. The van der Waals surface area contributed by atoms with Gasteiger partial charge in [0.15, 0.2) is 0 Å². The Labute approximate surface area is 107 Å². The van der Waals surface area contributed by atoms with E-state index >= 15 is 0 Å². The molecule has 1 aromatic rings. The molecule has 82 valence electrons. The van der Waals surface area contributed by atoms with Crippen molar-refractivity contribution in [1.82, 2.24) is 0 Å². The van der Waals surface area contributed by atoms with Gasteiger partial charge in [-0.2, -0.15) is 0 Å². The predicted octanol–water partition coefficient (Wildman–Crippen LogP) is 4.21. The highest BCUT2D eigenvalue weighted by molar-refractivity contribution is 9.10. The Hall–Kier alpha value is 0.430. The minimum atomic E-state index is 0.217. The molecule has 0 saturated heterocycles. The average molecular weight is 307 g/mol. The van der Waals surface area contributed by atoms with E-state index in [1.807, 2.05) is 0 Å². The van der Waals surface area contributed by atoms with Gasteiger partial charge in [-0.3, -0.25) is 0 Å². The first kappa shape index (κ1) is 10.6. The normalized spacial score (nSPS) is 35.3. The van der Waals surface area contributed by atoms with Gasteiger partial charge in [-0.25, -0.2) is 0 Å². The van der Waals surface area contributed by atoms with Crippen molar-refractivity contribution in [3.63, 3.8) is 0 Å². The first-order valence-corrected chi connectivity index (χ1v) is 7.37. The molecular formula is C11H13BrClNS. The summed E-state index contributed by atoms with van der Waals surface area (Å²) in [6, 6.07) is 2.31. The molecule has 2 saturated carbocycles. The fourth-order valence-electron chi connectivity index (χ4n) is 3.13. The zero-order chi connectivity index (χ0) is 10.6. The SMILES string of the molecule is NC(c1cc(Br)c(Cl)s1)C1C2CCCC21. The standard InChI is InChI=1S/C11H13BrClNS/c12-7-4-8(15-11(7)13)10(14)9-5-2-1-3-6(5)9/h4-6,9-10H,1-3,14H2. The number of fused-ring (bicyclic) bond motifs is 1. The van der Waals surface area contributed by atoms with Crippen LogP contribution in [0, 0.1) is 17.8 Å². The molecule has 2 fully saturated rings. The van der Waals surface area contributed by atoms with Crippen LogP contribution in [0.3, 0.4) is 0 Å². The Kier molecular flexibility index (Phi) is 2.63. The summed E-state index contributed by atoms with van der Waals surface area (Å²) in [5.41, 5.74) is 6.30. The van der Waals surface area contributed by atoms with E-state index in [9.17, 15) is 0 Å². The molecule has 1 nitrogen and oxygen atoms in total. The number of hydrogen-bond donors (Lipinski definition) is 1. The van der Waals surface area contributed by atoms with Crippen molar-refractivity contribution in [3.05, 3.63) is 19.8 Å². The lowest BCUT2D eigenvalue weighted by atomic mass is 10.0. The van der Waals surface area contributed by atoms with E-state index in [1.165, 1.54) is 24.1 Å². The van der Waals surface area contributed by atoms with E-state index in [1.54, 1.807) is 11.3 Å². The summed E-state index contributed by atoms with van der Waals surface area (Å²) in [6.07, 6.45) is 4.19. The van der Waals surface area contributed by atoms with Crippen LogP contribution >= 0.6 is 38.9 Å². The molecule has 15 heavy (non-hydrogen) atoms. The van der Waals surface area contributed by atoms with Gasteiger partial charge >= 0.3 is 0 Å². The summed E-state index contributed by atoms with van der Waals surface area (Å²) in [4.78, 5) is 1.24. The van der Waals surface area contributed by atoms with Crippen molar-refractivity contribution in [2.75, 3.05) is 0 Å². The molecule has 3 unspecified atom stereocenters. The highest BCUT2D eigenvalue weighted by atomic mass is 79.9. The van der Waals surface area contributed by atoms with Crippen molar-refractivity contribution >= 4 is 38.9 Å². The highest BCUT2D eigenvalue weighted by Gasteiger charge is 2.55. The summed E-state index contributed by atoms with van der Waals surface area (Å²) in [5, 5.41) is 0. The molecule has 4 heteroatoms. The zero-order valence-electron chi connectivity index (χ0n) is 8.25. The molecule has 3 rings (SSSR count). The van der Waals surface area contributed by atoms with Crippen molar-refractivity contribution in [2.45, 2.75) is 25.3 Å². The van der Waals surface area contributed by atoms with Crippen LogP contribution in [-0.4, -0.2) is 0 Å². The Balaban J connectivity index is 1.77. The van der Waals surface area contributed by atoms with Gasteiger partial charge in [0.1, 0.15) is 4.34 Å². The van der Waals surface area contributed by atoms with Crippen molar-refractivity contribution < 1.29 is 0 Å². The summed E-state index contributed by atoms with van der Waals surface area (Å²) in [5.74, 6) is 2.57.